The van der Waals surface area contributed by atoms with Crippen molar-refractivity contribution in [2.45, 2.75) is 33.3 Å². The van der Waals surface area contributed by atoms with Gasteiger partial charge >= 0.3 is 5.97 Å². The van der Waals surface area contributed by atoms with Crippen molar-refractivity contribution in [2.75, 3.05) is 0 Å². The van der Waals surface area contributed by atoms with Gasteiger partial charge in [0, 0.05) is 12.5 Å². The van der Waals surface area contributed by atoms with Gasteiger partial charge in [-0.15, -0.1) is 0 Å². The number of ether oxygens (including phenoxy) is 1. The van der Waals surface area contributed by atoms with Crippen LogP contribution in [0, 0.1) is 13.8 Å². The van der Waals surface area contributed by atoms with E-state index in [2.05, 4.69) is 0 Å². The molecule has 0 amide bonds. The Morgan fingerprint density at radius 1 is 1.47 bits per heavy atom. The molecule has 0 aliphatic heterocycles. The summed E-state index contributed by atoms with van der Waals surface area (Å²) in [4.78, 5) is 10.3. The fraction of sp³-hybridized carbons (Fsp3) is 0.357. The van der Waals surface area contributed by atoms with Crippen LogP contribution in [0.1, 0.15) is 24.5 Å². The van der Waals surface area contributed by atoms with Gasteiger partial charge in [0.15, 0.2) is 0 Å². The standard InChI is InChI=1S/C14H18O3/c1-10-7-8-11(2)13(9-10)17-12(3)5-4-6-14(15)16/h4,6-9,12H,5H2,1-3H3,(H,15,16)/b6-4+. The molecule has 3 heteroatoms. The van der Waals surface area contributed by atoms with Gasteiger partial charge in [0.2, 0.25) is 0 Å². The molecule has 1 atom stereocenters. The minimum Gasteiger partial charge on any atom is -0.490 e. The number of aliphatic carboxylic acids is 1. The van der Waals surface area contributed by atoms with Gasteiger partial charge in [0.05, 0.1) is 6.10 Å². The SMILES string of the molecule is Cc1ccc(C)c(OC(C)C/C=C/C(=O)O)c1. The van der Waals surface area contributed by atoms with Crippen molar-refractivity contribution in [3.63, 3.8) is 0 Å². The molecule has 1 aromatic rings. The molecule has 0 heterocycles. The Morgan fingerprint density at radius 2 is 2.18 bits per heavy atom. The summed E-state index contributed by atoms with van der Waals surface area (Å²) in [5.74, 6) is -0.0647. The fourth-order valence-electron chi connectivity index (χ4n) is 1.46. The number of carboxylic acids is 1. The lowest BCUT2D eigenvalue weighted by Gasteiger charge is -2.15. The van der Waals surface area contributed by atoms with Crippen LogP contribution in [-0.2, 0) is 4.79 Å². The number of hydrogen-bond acceptors (Lipinski definition) is 2. The van der Waals surface area contributed by atoms with Crippen LogP contribution in [0.4, 0.5) is 0 Å². The van der Waals surface area contributed by atoms with Crippen molar-refractivity contribution >= 4 is 5.97 Å². The minimum absolute atomic E-state index is 0.0360. The van der Waals surface area contributed by atoms with Crippen molar-refractivity contribution < 1.29 is 14.6 Å². The predicted octanol–water partition coefficient (Wildman–Crippen LogP) is 3.10. The smallest absolute Gasteiger partial charge is 0.327 e. The third-order valence-electron chi connectivity index (χ3n) is 2.40. The van der Waals surface area contributed by atoms with Crippen LogP contribution in [0.3, 0.4) is 0 Å². The van der Waals surface area contributed by atoms with Crippen molar-refractivity contribution in [1.82, 2.24) is 0 Å². The van der Waals surface area contributed by atoms with E-state index in [4.69, 9.17) is 9.84 Å². The maximum Gasteiger partial charge on any atom is 0.327 e. The summed E-state index contributed by atoms with van der Waals surface area (Å²) >= 11 is 0. The van der Waals surface area contributed by atoms with Crippen molar-refractivity contribution in [2.24, 2.45) is 0 Å². The van der Waals surface area contributed by atoms with E-state index in [0.29, 0.717) is 6.42 Å². The Hall–Kier alpha value is -1.77. The largest absolute Gasteiger partial charge is 0.490 e. The highest BCUT2D eigenvalue weighted by atomic mass is 16.5. The number of carbonyl (C=O) groups is 1. The van der Waals surface area contributed by atoms with Crippen molar-refractivity contribution in [3.05, 3.63) is 41.5 Å². The van der Waals surface area contributed by atoms with Crippen molar-refractivity contribution in [1.29, 1.82) is 0 Å². The van der Waals surface area contributed by atoms with Gasteiger partial charge in [0.1, 0.15) is 5.75 Å². The number of aryl methyl sites for hydroxylation is 2. The summed E-state index contributed by atoms with van der Waals surface area (Å²) in [6, 6.07) is 6.05. The molecule has 0 fully saturated rings. The number of carboxylic acid groups (broad SMARTS) is 1. The Morgan fingerprint density at radius 3 is 2.82 bits per heavy atom. The Balaban J connectivity index is 2.58. The fourth-order valence-corrected chi connectivity index (χ4v) is 1.46. The molecule has 0 saturated carbocycles. The van der Waals surface area contributed by atoms with Crippen LogP contribution in [0.5, 0.6) is 5.75 Å². The quantitative estimate of drug-likeness (QED) is 0.796. The first-order chi connectivity index (χ1) is 7.99. The zero-order chi connectivity index (χ0) is 12.8. The highest BCUT2D eigenvalue weighted by Crippen LogP contribution is 2.21. The molecule has 17 heavy (non-hydrogen) atoms. The summed E-state index contributed by atoms with van der Waals surface area (Å²) in [6.07, 6.45) is 3.30. The minimum atomic E-state index is -0.927. The first kappa shape index (κ1) is 13.3. The highest BCUT2D eigenvalue weighted by Gasteiger charge is 2.05. The average molecular weight is 234 g/mol. The molecule has 0 bridgehead atoms. The van der Waals surface area contributed by atoms with Crippen LogP contribution < -0.4 is 4.74 Å². The first-order valence-corrected chi connectivity index (χ1v) is 5.62. The van der Waals surface area contributed by atoms with E-state index >= 15 is 0 Å². The molecule has 1 rings (SSSR count). The zero-order valence-corrected chi connectivity index (χ0v) is 10.4. The summed E-state index contributed by atoms with van der Waals surface area (Å²) < 4.78 is 5.76. The highest BCUT2D eigenvalue weighted by molar-refractivity contribution is 5.79. The second-order valence-corrected chi connectivity index (χ2v) is 4.17. The van der Waals surface area contributed by atoms with Gasteiger partial charge in [-0.25, -0.2) is 4.79 Å². The molecule has 0 saturated heterocycles. The van der Waals surface area contributed by atoms with Gasteiger partial charge in [-0.05, 0) is 38.0 Å². The molecular formula is C14H18O3. The molecule has 0 aliphatic carbocycles. The molecule has 3 nitrogen and oxygen atoms in total. The molecule has 92 valence electrons. The Labute approximate surface area is 102 Å². The molecular weight excluding hydrogens is 216 g/mol. The topological polar surface area (TPSA) is 46.5 Å². The second-order valence-electron chi connectivity index (χ2n) is 4.17. The maximum atomic E-state index is 10.3. The van der Waals surface area contributed by atoms with Gasteiger partial charge in [0.25, 0.3) is 0 Å². The predicted molar refractivity (Wildman–Crippen MR) is 67.4 cm³/mol. The molecule has 1 aromatic carbocycles. The maximum absolute atomic E-state index is 10.3. The lowest BCUT2D eigenvalue weighted by Crippen LogP contribution is -2.11. The zero-order valence-electron chi connectivity index (χ0n) is 10.4. The number of benzene rings is 1. The summed E-state index contributed by atoms with van der Waals surface area (Å²) in [5, 5.41) is 8.47. The van der Waals surface area contributed by atoms with Crippen molar-refractivity contribution in [3.8, 4) is 5.75 Å². The van der Waals surface area contributed by atoms with E-state index in [1.54, 1.807) is 6.08 Å². The van der Waals surface area contributed by atoms with Gasteiger partial charge < -0.3 is 9.84 Å². The molecule has 1 unspecified atom stereocenters. The van der Waals surface area contributed by atoms with Crippen LogP contribution in [0.2, 0.25) is 0 Å². The van der Waals surface area contributed by atoms with Crippen LogP contribution in [0.25, 0.3) is 0 Å². The number of rotatable bonds is 5. The summed E-state index contributed by atoms with van der Waals surface area (Å²) in [5.41, 5.74) is 2.24. The summed E-state index contributed by atoms with van der Waals surface area (Å²) in [6.45, 7) is 5.93. The lowest BCUT2D eigenvalue weighted by atomic mass is 10.1. The number of hydrogen-bond donors (Lipinski definition) is 1. The molecule has 0 aromatic heterocycles. The molecule has 0 radical (unpaired) electrons. The van der Waals surface area contributed by atoms with Crippen LogP contribution >= 0.6 is 0 Å². The molecule has 0 spiro atoms. The van der Waals surface area contributed by atoms with Gasteiger partial charge in [-0.2, -0.15) is 0 Å². The summed E-state index contributed by atoms with van der Waals surface area (Å²) in [7, 11) is 0. The Bertz CT molecular complexity index is 421. The van der Waals surface area contributed by atoms with E-state index in [1.165, 1.54) is 0 Å². The lowest BCUT2D eigenvalue weighted by molar-refractivity contribution is -0.131. The van der Waals surface area contributed by atoms with E-state index < -0.39 is 5.97 Å². The van der Waals surface area contributed by atoms with E-state index in [1.807, 2.05) is 39.0 Å². The normalized spacial score (nSPS) is 12.6. The average Bonchev–Trinajstić information content (AvgIpc) is 2.23. The Kier molecular flexibility index (Phi) is 4.76. The van der Waals surface area contributed by atoms with Gasteiger partial charge in [-0.3, -0.25) is 0 Å². The third-order valence-corrected chi connectivity index (χ3v) is 2.40. The molecule has 0 aliphatic rings. The monoisotopic (exact) mass is 234 g/mol. The first-order valence-electron chi connectivity index (χ1n) is 5.62. The van der Waals surface area contributed by atoms with E-state index in [9.17, 15) is 4.79 Å². The van der Waals surface area contributed by atoms with Crippen LogP contribution in [-0.4, -0.2) is 17.2 Å². The van der Waals surface area contributed by atoms with E-state index in [-0.39, 0.29) is 6.10 Å². The third kappa shape index (κ3) is 4.72. The van der Waals surface area contributed by atoms with Crippen LogP contribution in [0.15, 0.2) is 30.4 Å². The molecule has 1 N–H and O–H groups in total. The second kappa shape index (κ2) is 6.09. The van der Waals surface area contributed by atoms with Gasteiger partial charge in [-0.1, -0.05) is 18.2 Å². The van der Waals surface area contributed by atoms with E-state index in [0.717, 1.165) is 23.0 Å².